The third-order valence-electron chi connectivity index (χ3n) is 4.08. The molecule has 0 spiro atoms. The summed E-state index contributed by atoms with van der Waals surface area (Å²) in [5, 5.41) is 2.49. The van der Waals surface area contributed by atoms with Gasteiger partial charge in [0.15, 0.2) is 5.11 Å². The maximum Gasteiger partial charge on any atom is 0.269 e. The Morgan fingerprint density at radius 1 is 0.867 bits per heavy atom. The second-order valence-corrected chi connectivity index (χ2v) is 6.59. The number of carbonyl (C=O) groups excluding carboxylic acids is 2. The number of rotatable bonds is 6. The number of thiocarbonyl (C=S) groups is 1. The van der Waals surface area contributed by atoms with E-state index < -0.39 is 11.8 Å². The largest absolute Gasteiger partial charge is 0.492 e. The van der Waals surface area contributed by atoms with E-state index in [1.54, 1.807) is 36.4 Å². The Bertz CT molecular complexity index is 1010. The van der Waals surface area contributed by atoms with Crippen LogP contribution in [-0.2, 0) is 6.42 Å². The molecule has 8 heteroatoms. The molecule has 0 saturated heterocycles. The van der Waals surface area contributed by atoms with E-state index in [1.807, 2.05) is 30.3 Å². The number of pyridine rings is 1. The van der Waals surface area contributed by atoms with Crippen LogP contribution in [0.1, 0.15) is 26.3 Å². The van der Waals surface area contributed by atoms with Gasteiger partial charge >= 0.3 is 0 Å². The Balaban J connectivity index is 1.52. The van der Waals surface area contributed by atoms with Crippen LogP contribution in [0.5, 0.6) is 5.75 Å². The van der Waals surface area contributed by atoms with Crippen LogP contribution in [0.25, 0.3) is 0 Å². The highest BCUT2D eigenvalue weighted by atomic mass is 32.1. The monoisotopic (exact) mass is 420 g/mol. The summed E-state index contributed by atoms with van der Waals surface area (Å²) in [5.41, 5.74) is 6.82. The highest BCUT2D eigenvalue weighted by Gasteiger charge is 2.14. The average molecular weight is 420 g/mol. The van der Waals surface area contributed by atoms with Crippen molar-refractivity contribution < 1.29 is 14.3 Å². The van der Waals surface area contributed by atoms with E-state index in [-0.39, 0.29) is 5.11 Å². The summed E-state index contributed by atoms with van der Waals surface area (Å²) < 4.78 is 5.80. The Labute approximate surface area is 179 Å². The molecular weight excluding hydrogens is 400 g/mol. The average Bonchev–Trinajstić information content (AvgIpc) is 2.79. The number of ether oxygens (including phenoxy) is 1. The van der Waals surface area contributed by atoms with Gasteiger partial charge in [0.25, 0.3) is 11.8 Å². The Hall–Kier alpha value is -3.78. The van der Waals surface area contributed by atoms with Gasteiger partial charge in [0.1, 0.15) is 5.75 Å². The molecule has 0 atom stereocenters. The van der Waals surface area contributed by atoms with Crippen LogP contribution in [0, 0.1) is 0 Å². The number of hydrogen-bond acceptors (Lipinski definition) is 5. The van der Waals surface area contributed by atoms with Crippen LogP contribution in [0.15, 0.2) is 79.1 Å². The normalized spacial score (nSPS) is 10.0. The molecule has 0 radical (unpaired) electrons. The number of nitrogens with zero attached hydrogens (tertiary/aromatic N) is 1. The van der Waals surface area contributed by atoms with Crippen molar-refractivity contribution in [2.45, 2.75) is 6.42 Å². The number of benzene rings is 2. The van der Waals surface area contributed by atoms with Gasteiger partial charge < -0.3 is 4.74 Å². The summed E-state index contributed by atoms with van der Waals surface area (Å²) in [6, 6.07) is 20.0. The molecular formula is C22H20N4O3S. The summed E-state index contributed by atoms with van der Waals surface area (Å²) >= 11 is 5.08. The molecule has 1 aromatic heterocycles. The highest BCUT2D eigenvalue weighted by Crippen LogP contribution is 2.18. The Morgan fingerprint density at radius 3 is 2.33 bits per heavy atom. The number of carbonyl (C=O) groups is 2. The maximum atomic E-state index is 12.6. The van der Waals surface area contributed by atoms with Gasteiger partial charge in [-0.25, -0.2) is 0 Å². The van der Waals surface area contributed by atoms with E-state index in [2.05, 4.69) is 21.2 Å². The van der Waals surface area contributed by atoms with Crippen LogP contribution in [0.3, 0.4) is 0 Å². The number of aromatic nitrogens is 1. The van der Waals surface area contributed by atoms with E-state index in [0.29, 0.717) is 23.5 Å². The molecule has 3 aromatic rings. The van der Waals surface area contributed by atoms with Gasteiger partial charge in [0, 0.05) is 24.4 Å². The predicted octanol–water partition coefficient (Wildman–Crippen LogP) is 2.65. The zero-order valence-corrected chi connectivity index (χ0v) is 16.8. The molecule has 7 nitrogen and oxygen atoms in total. The SMILES string of the molecule is O=C(NNC(=S)NC(=O)c1ccccc1OCCc1ccccc1)c1ccncc1. The first kappa shape index (κ1) is 20.9. The Kier molecular flexibility index (Phi) is 7.45. The molecule has 0 aliphatic rings. The highest BCUT2D eigenvalue weighted by molar-refractivity contribution is 7.80. The molecule has 2 aromatic carbocycles. The first-order chi connectivity index (χ1) is 14.6. The number of amides is 2. The van der Waals surface area contributed by atoms with Crippen molar-refractivity contribution in [1.82, 2.24) is 21.2 Å². The van der Waals surface area contributed by atoms with Gasteiger partial charge in [0.2, 0.25) is 0 Å². The van der Waals surface area contributed by atoms with Crippen molar-refractivity contribution in [3.63, 3.8) is 0 Å². The van der Waals surface area contributed by atoms with Gasteiger partial charge in [0.05, 0.1) is 12.2 Å². The smallest absolute Gasteiger partial charge is 0.269 e. The van der Waals surface area contributed by atoms with Crippen molar-refractivity contribution in [1.29, 1.82) is 0 Å². The molecule has 0 saturated carbocycles. The third kappa shape index (κ3) is 6.11. The van der Waals surface area contributed by atoms with Crippen LogP contribution in [0.4, 0.5) is 0 Å². The third-order valence-corrected chi connectivity index (χ3v) is 4.29. The number of nitrogens with one attached hydrogen (secondary N) is 3. The van der Waals surface area contributed by atoms with Gasteiger partial charge in [-0.15, -0.1) is 0 Å². The van der Waals surface area contributed by atoms with Crippen LogP contribution in [0.2, 0.25) is 0 Å². The fourth-order valence-electron chi connectivity index (χ4n) is 2.59. The molecule has 3 rings (SSSR count). The van der Waals surface area contributed by atoms with Crippen molar-refractivity contribution in [2.75, 3.05) is 6.61 Å². The van der Waals surface area contributed by atoms with E-state index in [1.165, 1.54) is 12.4 Å². The summed E-state index contributed by atoms with van der Waals surface area (Å²) in [4.78, 5) is 28.4. The second kappa shape index (κ2) is 10.7. The lowest BCUT2D eigenvalue weighted by Gasteiger charge is -2.13. The summed E-state index contributed by atoms with van der Waals surface area (Å²) in [6.07, 6.45) is 3.73. The van der Waals surface area contributed by atoms with Gasteiger partial charge in [-0.3, -0.25) is 30.7 Å². The van der Waals surface area contributed by atoms with Crippen molar-refractivity contribution in [3.8, 4) is 5.75 Å². The lowest BCUT2D eigenvalue weighted by atomic mass is 10.1. The zero-order valence-electron chi connectivity index (χ0n) is 16.0. The topological polar surface area (TPSA) is 92.4 Å². The van der Waals surface area contributed by atoms with E-state index in [0.717, 1.165) is 12.0 Å². The molecule has 0 fully saturated rings. The van der Waals surface area contributed by atoms with E-state index in [9.17, 15) is 9.59 Å². The number of para-hydroxylation sites is 1. The van der Waals surface area contributed by atoms with Crippen molar-refractivity contribution in [3.05, 3.63) is 95.8 Å². The summed E-state index contributed by atoms with van der Waals surface area (Å²) in [6.45, 7) is 0.430. The lowest BCUT2D eigenvalue weighted by Crippen LogP contribution is -2.48. The van der Waals surface area contributed by atoms with Crippen LogP contribution >= 0.6 is 12.2 Å². The molecule has 0 aliphatic heterocycles. The zero-order chi connectivity index (χ0) is 21.2. The molecule has 152 valence electrons. The first-order valence-corrected chi connectivity index (χ1v) is 9.62. The molecule has 2 amide bonds. The lowest BCUT2D eigenvalue weighted by molar-refractivity contribution is 0.0933. The molecule has 3 N–H and O–H groups in total. The van der Waals surface area contributed by atoms with Crippen LogP contribution < -0.4 is 20.9 Å². The fraction of sp³-hybridized carbons (Fsp3) is 0.0909. The quantitative estimate of drug-likeness (QED) is 0.419. The Morgan fingerprint density at radius 2 is 1.57 bits per heavy atom. The first-order valence-electron chi connectivity index (χ1n) is 9.21. The predicted molar refractivity (Wildman–Crippen MR) is 117 cm³/mol. The standard InChI is InChI=1S/C22H20N4O3S/c27-20(17-10-13-23-14-11-17)25-26-22(30)24-21(28)18-8-4-5-9-19(18)29-15-12-16-6-2-1-3-7-16/h1-11,13-14H,12,15H2,(H,25,27)(H2,24,26,28,30). The van der Waals surface area contributed by atoms with Crippen molar-refractivity contribution in [2.24, 2.45) is 0 Å². The molecule has 0 bridgehead atoms. The van der Waals surface area contributed by atoms with Crippen molar-refractivity contribution >= 4 is 29.1 Å². The number of hydrazine groups is 1. The minimum atomic E-state index is -0.444. The summed E-state index contributed by atoms with van der Waals surface area (Å²) in [7, 11) is 0. The van der Waals surface area contributed by atoms with Gasteiger partial charge in [-0.05, 0) is 42.0 Å². The molecule has 1 heterocycles. The fourth-order valence-corrected chi connectivity index (χ4v) is 2.74. The minimum Gasteiger partial charge on any atom is -0.492 e. The van der Waals surface area contributed by atoms with Gasteiger partial charge in [-0.1, -0.05) is 42.5 Å². The maximum absolute atomic E-state index is 12.6. The second-order valence-electron chi connectivity index (χ2n) is 6.18. The van der Waals surface area contributed by atoms with E-state index in [4.69, 9.17) is 17.0 Å². The molecule has 0 aliphatic carbocycles. The van der Waals surface area contributed by atoms with Crippen LogP contribution in [-0.4, -0.2) is 28.5 Å². The van der Waals surface area contributed by atoms with E-state index >= 15 is 0 Å². The number of hydrogen-bond donors (Lipinski definition) is 3. The molecule has 30 heavy (non-hydrogen) atoms. The van der Waals surface area contributed by atoms with Gasteiger partial charge in [-0.2, -0.15) is 0 Å². The minimum absolute atomic E-state index is 0.0403. The molecule has 0 unspecified atom stereocenters. The summed E-state index contributed by atoms with van der Waals surface area (Å²) in [5.74, 6) is -0.394.